The van der Waals surface area contributed by atoms with Crippen LogP contribution in [0.5, 0.6) is 0 Å². The summed E-state index contributed by atoms with van der Waals surface area (Å²) >= 11 is 0. The second-order valence-electron chi connectivity index (χ2n) is 9.28. The molecule has 0 saturated carbocycles. The first-order valence-electron chi connectivity index (χ1n) is 13.4. The van der Waals surface area contributed by atoms with Gasteiger partial charge in [0.15, 0.2) is 0 Å². The summed E-state index contributed by atoms with van der Waals surface area (Å²) in [6.45, 7) is 10.3. The van der Waals surface area contributed by atoms with Crippen LogP contribution in [0.4, 0.5) is 0 Å². The topological polar surface area (TPSA) is 0 Å². The van der Waals surface area contributed by atoms with Gasteiger partial charge in [0.05, 0.1) is 0 Å². The van der Waals surface area contributed by atoms with E-state index in [2.05, 4.69) is 20.8 Å². The minimum Gasteiger partial charge on any atom is -0.0651 e. The summed E-state index contributed by atoms with van der Waals surface area (Å²) in [5.74, 6) is 0.977. The van der Waals surface area contributed by atoms with Crippen molar-refractivity contribution in [1.29, 1.82) is 0 Å². The normalized spacial score (nSPS) is 12.5. The second kappa shape index (κ2) is 25.0. The number of rotatable bonds is 24. The first-order chi connectivity index (χ1) is 13.8. The summed E-state index contributed by atoms with van der Waals surface area (Å²) in [6.07, 6.45) is 34.1. The maximum atomic E-state index is 3.98. The first-order valence-corrected chi connectivity index (χ1v) is 13.4. The van der Waals surface area contributed by atoms with Crippen LogP contribution in [0.1, 0.15) is 161 Å². The van der Waals surface area contributed by atoms with Gasteiger partial charge >= 0.3 is 0 Å². The Kier molecular flexibility index (Phi) is 25.0. The van der Waals surface area contributed by atoms with Crippen molar-refractivity contribution < 1.29 is 0 Å². The molecule has 0 spiro atoms. The van der Waals surface area contributed by atoms with Gasteiger partial charge in [0.2, 0.25) is 0 Å². The molecular formula is C28H56. The van der Waals surface area contributed by atoms with E-state index in [4.69, 9.17) is 0 Å². The SMILES string of the molecule is [CH2]CCCCCCCCCCCCCCCCCCCCC(CC)CCC[CH2]. The lowest BCUT2D eigenvalue weighted by Gasteiger charge is -2.13. The lowest BCUT2D eigenvalue weighted by Crippen LogP contribution is -1.98. The van der Waals surface area contributed by atoms with Crippen molar-refractivity contribution in [2.75, 3.05) is 0 Å². The minimum absolute atomic E-state index is 0.977. The number of hydrogen-bond acceptors (Lipinski definition) is 0. The van der Waals surface area contributed by atoms with Gasteiger partial charge in [-0.2, -0.15) is 0 Å². The van der Waals surface area contributed by atoms with E-state index in [0.717, 1.165) is 18.8 Å². The molecule has 0 aliphatic carbocycles. The lowest BCUT2D eigenvalue weighted by atomic mass is 9.93. The van der Waals surface area contributed by atoms with Crippen LogP contribution in [-0.2, 0) is 0 Å². The standard InChI is InChI=1S/C28H56/c1-4-7-9-10-11-12-13-14-15-16-17-18-19-20-21-22-23-24-25-27-28(6-3)26-8-5-2/h28H,1-2,4-27H2,3H3. The van der Waals surface area contributed by atoms with Crippen molar-refractivity contribution in [3.8, 4) is 0 Å². The minimum atomic E-state index is 0.977. The molecule has 0 aromatic rings. The molecule has 1 atom stereocenters. The molecule has 1 unspecified atom stereocenters. The Hall–Kier alpha value is 0. The smallest absolute Gasteiger partial charge is 0.0417 e. The maximum absolute atomic E-state index is 3.98. The van der Waals surface area contributed by atoms with Crippen LogP contribution in [0.3, 0.4) is 0 Å². The van der Waals surface area contributed by atoms with Crippen LogP contribution in [-0.4, -0.2) is 0 Å². The summed E-state index contributed by atoms with van der Waals surface area (Å²) in [5, 5.41) is 0. The highest BCUT2D eigenvalue weighted by atomic mass is 14.1. The molecule has 0 heterocycles. The van der Waals surface area contributed by atoms with Gasteiger partial charge in [-0.3, -0.25) is 0 Å². The molecule has 0 nitrogen and oxygen atoms in total. The zero-order valence-electron chi connectivity index (χ0n) is 20.0. The van der Waals surface area contributed by atoms with Crippen LogP contribution in [0, 0.1) is 19.8 Å². The highest BCUT2D eigenvalue weighted by Crippen LogP contribution is 2.20. The molecule has 0 saturated heterocycles. The van der Waals surface area contributed by atoms with Crippen molar-refractivity contribution in [3.63, 3.8) is 0 Å². The molecule has 28 heavy (non-hydrogen) atoms. The molecule has 168 valence electrons. The van der Waals surface area contributed by atoms with Crippen LogP contribution >= 0.6 is 0 Å². The molecular weight excluding hydrogens is 336 g/mol. The Morgan fingerprint density at radius 1 is 0.393 bits per heavy atom. The van der Waals surface area contributed by atoms with Gasteiger partial charge in [0.25, 0.3) is 0 Å². The number of unbranched alkanes of at least 4 members (excludes halogenated alkanes) is 19. The average molecular weight is 393 g/mol. The summed E-state index contributed by atoms with van der Waals surface area (Å²) in [4.78, 5) is 0. The molecule has 0 aromatic heterocycles. The van der Waals surface area contributed by atoms with E-state index in [0.29, 0.717) is 0 Å². The molecule has 0 heteroatoms. The van der Waals surface area contributed by atoms with Gasteiger partial charge < -0.3 is 0 Å². The molecule has 0 amide bonds. The summed E-state index contributed by atoms with van der Waals surface area (Å²) in [7, 11) is 0. The van der Waals surface area contributed by atoms with Crippen LogP contribution in [0.25, 0.3) is 0 Å². The van der Waals surface area contributed by atoms with Crippen molar-refractivity contribution in [2.45, 2.75) is 161 Å². The summed E-state index contributed by atoms with van der Waals surface area (Å²) < 4.78 is 0. The molecule has 0 aliphatic heterocycles. The average Bonchev–Trinajstić information content (AvgIpc) is 2.72. The van der Waals surface area contributed by atoms with E-state index in [9.17, 15) is 0 Å². The third kappa shape index (κ3) is 22.3. The third-order valence-electron chi connectivity index (χ3n) is 6.55. The van der Waals surface area contributed by atoms with Gasteiger partial charge in [0.1, 0.15) is 0 Å². The van der Waals surface area contributed by atoms with E-state index in [1.807, 2.05) is 0 Å². The van der Waals surface area contributed by atoms with Gasteiger partial charge in [-0.1, -0.05) is 175 Å². The Bertz CT molecular complexity index is 257. The van der Waals surface area contributed by atoms with E-state index in [1.54, 1.807) is 0 Å². The molecule has 0 bridgehead atoms. The highest BCUT2D eigenvalue weighted by Gasteiger charge is 2.05. The zero-order valence-corrected chi connectivity index (χ0v) is 20.0. The number of hydrogen-bond donors (Lipinski definition) is 0. The lowest BCUT2D eigenvalue weighted by molar-refractivity contribution is 0.402. The quantitative estimate of drug-likeness (QED) is 0.143. The summed E-state index contributed by atoms with van der Waals surface area (Å²) in [6, 6.07) is 0. The largest absolute Gasteiger partial charge is 0.0651 e. The predicted octanol–water partition coefficient (Wildman–Crippen LogP) is 10.7. The van der Waals surface area contributed by atoms with Crippen LogP contribution in [0.15, 0.2) is 0 Å². The fraction of sp³-hybridized carbons (Fsp3) is 0.929. The van der Waals surface area contributed by atoms with Crippen molar-refractivity contribution in [1.82, 2.24) is 0 Å². The zero-order chi connectivity index (χ0) is 20.5. The van der Waals surface area contributed by atoms with E-state index >= 15 is 0 Å². The molecule has 0 N–H and O–H groups in total. The van der Waals surface area contributed by atoms with Gasteiger partial charge in [-0.25, -0.2) is 0 Å². The molecule has 2 radical (unpaired) electrons. The Morgan fingerprint density at radius 2 is 0.679 bits per heavy atom. The van der Waals surface area contributed by atoms with Crippen molar-refractivity contribution in [3.05, 3.63) is 13.8 Å². The highest BCUT2D eigenvalue weighted by molar-refractivity contribution is 4.59. The summed E-state index contributed by atoms with van der Waals surface area (Å²) in [5.41, 5.74) is 0. The Morgan fingerprint density at radius 3 is 1.00 bits per heavy atom. The maximum Gasteiger partial charge on any atom is -0.0417 e. The first kappa shape index (κ1) is 28.0. The van der Waals surface area contributed by atoms with Crippen molar-refractivity contribution >= 4 is 0 Å². The third-order valence-corrected chi connectivity index (χ3v) is 6.55. The van der Waals surface area contributed by atoms with E-state index in [-0.39, 0.29) is 0 Å². The predicted molar refractivity (Wildman–Crippen MR) is 131 cm³/mol. The second-order valence-corrected chi connectivity index (χ2v) is 9.28. The molecule has 0 aromatic carbocycles. The Labute approximate surface area is 181 Å². The van der Waals surface area contributed by atoms with Crippen LogP contribution in [0.2, 0.25) is 0 Å². The van der Waals surface area contributed by atoms with Gasteiger partial charge in [0, 0.05) is 0 Å². The molecule has 0 rings (SSSR count). The fourth-order valence-electron chi connectivity index (χ4n) is 4.42. The van der Waals surface area contributed by atoms with Crippen molar-refractivity contribution in [2.24, 2.45) is 5.92 Å². The fourth-order valence-corrected chi connectivity index (χ4v) is 4.42. The van der Waals surface area contributed by atoms with Gasteiger partial charge in [-0.15, -0.1) is 0 Å². The van der Waals surface area contributed by atoms with Gasteiger partial charge in [-0.05, 0) is 5.92 Å². The monoisotopic (exact) mass is 392 g/mol. The molecule has 0 aliphatic rings. The molecule has 0 fully saturated rings. The van der Waals surface area contributed by atoms with E-state index in [1.165, 1.54) is 141 Å². The van der Waals surface area contributed by atoms with Crippen LogP contribution < -0.4 is 0 Å². The van der Waals surface area contributed by atoms with E-state index < -0.39 is 0 Å². The Balaban J connectivity index is 3.10.